The monoisotopic (exact) mass is 584 g/mol. The second kappa shape index (κ2) is 11.0. The standard InChI is InChI=1S/C24H23BrFN9O3/c1-33-14-30-24(34(37)38)20(33)12-35(2,3)8-4-5-22(36)32-21-10-16-19(11-27-21)28-13-29-23(16)31-15-6-7-18(26)17(25)9-15/h4-7,9-11,13-14H,8,12H2,1-3H3,(H-,27,28,29,31,32,36)/p+1. The van der Waals surface area contributed by atoms with Gasteiger partial charge in [-0.15, -0.1) is 0 Å². The number of rotatable bonds is 9. The third kappa shape index (κ3) is 6.33. The minimum Gasteiger partial charge on any atom is -0.358 e. The quantitative estimate of drug-likeness (QED) is 0.130. The van der Waals surface area contributed by atoms with Crippen molar-refractivity contribution >= 4 is 55.9 Å². The molecule has 3 aromatic heterocycles. The molecule has 4 aromatic rings. The van der Waals surface area contributed by atoms with E-state index in [1.54, 1.807) is 35.9 Å². The molecule has 14 heteroatoms. The van der Waals surface area contributed by atoms with Crippen LogP contribution in [0.1, 0.15) is 5.69 Å². The molecule has 0 saturated carbocycles. The van der Waals surface area contributed by atoms with E-state index in [4.69, 9.17) is 0 Å². The number of amides is 1. The lowest BCUT2D eigenvalue weighted by Crippen LogP contribution is -2.39. The summed E-state index contributed by atoms with van der Waals surface area (Å²) in [5, 5.41) is 17.7. The van der Waals surface area contributed by atoms with Crippen molar-refractivity contribution in [3.63, 3.8) is 0 Å². The molecule has 0 aliphatic rings. The zero-order valence-electron chi connectivity index (χ0n) is 20.7. The molecule has 3 heterocycles. The van der Waals surface area contributed by atoms with Gasteiger partial charge in [0.15, 0.2) is 5.69 Å². The van der Waals surface area contributed by atoms with Gasteiger partial charge >= 0.3 is 5.82 Å². The fourth-order valence-electron chi connectivity index (χ4n) is 3.70. The van der Waals surface area contributed by atoms with Crippen molar-refractivity contribution in [2.75, 3.05) is 31.3 Å². The second-order valence-corrected chi connectivity index (χ2v) is 9.97. The molecule has 4 rings (SSSR count). The molecule has 2 N–H and O–H groups in total. The van der Waals surface area contributed by atoms with Gasteiger partial charge in [-0.2, -0.15) is 0 Å². The number of benzene rings is 1. The zero-order chi connectivity index (χ0) is 27.4. The highest BCUT2D eigenvalue weighted by atomic mass is 79.9. The summed E-state index contributed by atoms with van der Waals surface area (Å²) in [4.78, 5) is 39.9. The fraction of sp³-hybridized carbons (Fsp3) is 0.208. The lowest BCUT2D eigenvalue weighted by molar-refractivity contribution is -0.898. The van der Waals surface area contributed by atoms with E-state index in [2.05, 4.69) is 46.5 Å². The third-order valence-corrected chi connectivity index (χ3v) is 6.22. The van der Waals surface area contributed by atoms with Crippen molar-refractivity contribution < 1.29 is 18.6 Å². The first-order valence-electron chi connectivity index (χ1n) is 11.3. The average Bonchev–Trinajstić information content (AvgIpc) is 3.21. The van der Waals surface area contributed by atoms with Gasteiger partial charge in [-0.3, -0.25) is 4.79 Å². The molecular weight excluding hydrogens is 561 g/mol. The number of hydrogen-bond donors (Lipinski definition) is 2. The van der Waals surface area contributed by atoms with E-state index in [0.29, 0.717) is 56.0 Å². The summed E-state index contributed by atoms with van der Waals surface area (Å²) in [7, 11) is 5.51. The number of anilines is 3. The van der Waals surface area contributed by atoms with E-state index < -0.39 is 10.8 Å². The smallest absolute Gasteiger partial charge is 0.358 e. The second-order valence-electron chi connectivity index (χ2n) is 9.11. The van der Waals surface area contributed by atoms with Gasteiger partial charge < -0.3 is 29.8 Å². The number of hydrogen-bond acceptors (Lipinski definition) is 8. The normalized spacial score (nSPS) is 11.7. The van der Waals surface area contributed by atoms with Crippen molar-refractivity contribution in [3.05, 3.63) is 81.4 Å². The van der Waals surface area contributed by atoms with Gasteiger partial charge in [0.1, 0.15) is 30.3 Å². The first-order chi connectivity index (χ1) is 18.0. The summed E-state index contributed by atoms with van der Waals surface area (Å²) in [5.74, 6) is -0.189. The van der Waals surface area contributed by atoms with Crippen LogP contribution in [0, 0.1) is 15.9 Å². The van der Waals surface area contributed by atoms with Crippen LogP contribution in [0.15, 0.2) is 59.7 Å². The number of aryl methyl sites for hydroxylation is 1. The van der Waals surface area contributed by atoms with Gasteiger partial charge in [0.05, 0.1) is 36.8 Å². The highest BCUT2D eigenvalue weighted by Gasteiger charge is 2.26. The van der Waals surface area contributed by atoms with Crippen LogP contribution in [0.4, 0.5) is 27.5 Å². The summed E-state index contributed by atoms with van der Waals surface area (Å²) in [6.07, 6.45) is 7.40. The summed E-state index contributed by atoms with van der Waals surface area (Å²) < 4.78 is 15.9. The Bertz CT molecular complexity index is 1550. The molecule has 0 fully saturated rings. The van der Waals surface area contributed by atoms with E-state index in [0.717, 1.165) is 0 Å². The molecule has 0 unspecified atom stereocenters. The number of aromatic nitrogens is 5. The number of nitro groups is 1. The van der Waals surface area contributed by atoms with Crippen molar-refractivity contribution in [2.24, 2.45) is 7.05 Å². The number of fused-ring (bicyclic) bond motifs is 1. The highest BCUT2D eigenvalue weighted by Crippen LogP contribution is 2.27. The molecule has 196 valence electrons. The van der Waals surface area contributed by atoms with Gasteiger partial charge in [-0.25, -0.2) is 19.3 Å². The topological polar surface area (TPSA) is 141 Å². The first kappa shape index (κ1) is 26.8. The molecule has 0 radical (unpaired) electrons. The maximum Gasteiger partial charge on any atom is 0.390 e. The predicted molar refractivity (Wildman–Crippen MR) is 143 cm³/mol. The van der Waals surface area contributed by atoms with Crippen molar-refractivity contribution in [1.29, 1.82) is 0 Å². The molecule has 0 saturated heterocycles. The minimum absolute atomic E-state index is 0.173. The summed E-state index contributed by atoms with van der Waals surface area (Å²) >= 11 is 3.16. The van der Waals surface area contributed by atoms with Crippen LogP contribution in [-0.2, 0) is 18.4 Å². The number of nitrogens with zero attached hydrogens (tertiary/aromatic N) is 7. The summed E-state index contributed by atoms with van der Waals surface area (Å²) in [6, 6.07) is 6.14. The number of imidazole rings is 1. The molecule has 1 aromatic carbocycles. The van der Waals surface area contributed by atoms with Gasteiger partial charge in [-0.1, -0.05) is 0 Å². The lowest BCUT2D eigenvalue weighted by Gasteiger charge is -2.27. The molecule has 38 heavy (non-hydrogen) atoms. The van der Waals surface area contributed by atoms with E-state index in [9.17, 15) is 19.3 Å². The molecule has 12 nitrogen and oxygen atoms in total. The highest BCUT2D eigenvalue weighted by molar-refractivity contribution is 9.10. The largest absolute Gasteiger partial charge is 0.390 e. The number of quaternary nitrogens is 1. The Kier molecular flexibility index (Phi) is 7.73. The molecular formula is C24H24BrFN9O3+. The van der Waals surface area contributed by atoms with Crippen LogP contribution < -0.4 is 10.6 Å². The predicted octanol–water partition coefficient (Wildman–Crippen LogP) is 4.08. The van der Waals surface area contributed by atoms with Gasteiger partial charge in [0.25, 0.3) is 0 Å². The molecule has 0 spiro atoms. The summed E-state index contributed by atoms with van der Waals surface area (Å²) in [5.41, 5.74) is 1.67. The first-order valence-corrected chi connectivity index (χ1v) is 12.1. The average molecular weight is 585 g/mol. The molecule has 1 amide bonds. The number of likely N-dealkylation sites (N-methyl/N-ethyl adjacent to an activating group) is 1. The Morgan fingerprint density at radius 1 is 1.24 bits per heavy atom. The van der Waals surface area contributed by atoms with Gasteiger partial charge in [-0.05, 0) is 56.2 Å². The Morgan fingerprint density at radius 3 is 2.76 bits per heavy atom. The Balaban J connectivity index is 1.44. The number of carbonyl (C=O) groups excluding carboxylic acids is 1. The Labute approximate surface area is 225 Å². The van der Waals surface area contributed by atoms with Crippen LogP contribution in [0.2, 0.25) is 0 Å². The van der Waals surface area contributed by atoms with Crippen molar-refractivity contribution in [1.82, 2.24) is 24.5 Å². The number of carbonyl (C=O) groups is 1. The van der Waals surface area contributed by atoms with Gasteiger partial charge in [0.2, 0.25) is 12.2 Å². The maximum atomic E-state index is 13.6. The zero-order valence-corrected chi connectivity index (χ0v) is 22.3. The van der Waals surface area contributed by atoms with Crippen LogP contribution in [0.5, 0.6) is 0 Å². The maximum absolute atomic E-state index is 13.6. The fourth-order valence-corrected chi connectivity index (χ4v) is 4.08. The Morgan fingerprint density at radius 2 is 2.03 bits per heavy atom. The number of halogens is 2. The van der Waals surface area contributed by atoms with E-state index in [1.807, 2.05) is 14.1 Å². The van der Waals surface area contributed by atoms with Gasteiger partial charge in [0, 0.05) is 24.2 Å². The van der Waals surface area contributed by atoms with Crippen molar-refractivity contribution in [2.45, 2.75) is 6.54 Å². The van der Waals surface area contributed by atoms with Crippen LogP contribution in [-0.4, -0.2) is 60.5 Å². The van der Waals surface area contributed by atoms with Crippen LogP contribution in [0.3, 0.4) is 0 Å². The molecule has 0 aliphatic carbocycles. The Hall–Kier alpha value is -4.30. The summed E-state index contributed by atoms with van der Waals surface area (Å²) in [6.45, 7) is 0.793. The van der Waals surface area contributed by atoms with Crippen LogP contribution >= 0.6 is 15.9 Å². The van der Waals surface area contributed by atoms with Crippen molar-refractivity contribution in [3.8, 4) is 0 Å². The minimum atomic E-state index is -0.500. The SMILES string of the molecule is Cn1cnc([N+](=O)[O-])c1C[N+](C)(C)CC=CC(=O)Nc1cc2c(Nc3ccc(F)c(Br)c3)ncnc2cn1. The molecule has 0 aliphatic heterocycles. The van der Waals surface area contributed by atoms with E-state index in [1.165, 1.54) is 31.0 Å². The number of nitrogens with one attached hydrogen (secondary N) is 2. The third-order valence-electron chi connectivity index (χ3n) is 5.61. The molecule has 0 atom stereocenters. The van der Waals surface area contributed by atoms with E-state index >= 15 is 0 Å². The lowest BCUT2D eigenvalue weighted by atomic mass is 10.2. The van der Waals surface area contributed by atoms with E-state index in [-0.39, 0.29) is 11.6 Å². The molecule has 0 bridgehead atoms. The van der Waals surface area contributed by atoms with Crippen LogP contribution in [0.25, 0.3) is 10.9 Å². The number of pyridine rings is 1.